The molecule has 2 saturated carbocycles. The third-order valence-corrected chi connectivity index (χ3v) is 7.75. The molecule has 3 aromatic heterocycles. The zero-order chi connectivity index (χ0) is 21.7. The molecular weight excluding hydrogens is 444 g/mol. The van der Waals surface area contributed by atoms with Gasteiger partial charge in [0.1, 0.15) is 6.10 Å². The Hall–Kier alpha value is -2.72. The molecule has 0 aliphatic heterocycles. The van der Waals surface area contributed by atoms with E-state index in [9.17, 15) is 4.79 Å². The summed E-state index contributed by atoms with van der Waals surface area (Å²) in [7, 11) is 0. The Balaban J connectivity index is 1.22. The quantitative estimate of drug-likeness (QED) is 0.436. The minimum atomic E-state index is 0.0738. The average Bonchev–Trinajstić information content (AvgIpc) is 3.28. The number of thiazole rings is 1. The number of aromatic nitrogens is 5. The second kappa shape index (κ2) is 8.00. The lowest BCUT2D eigenvalue weighted by Crippen LogP contribution is -2.13. The highest BCUT2D eigenvalue weighted by Crippen LogP contribution is 2.35. The highest BCUT2D eigenvalue weighted by atomic mass is 32.2. The van der Waals surface area contributed by atoms with E-state index in [2.05, 4.69) is 38.6 Å². The minimum absolute atomic E-state index is 0.0738. The smallest absolute Gasteiger partial charge is 0.232 e. The van der Waals surface area contributed by atoms with Gasteiger partial charge in [0.15, 0.2) is 10.8 Å². The van der Waals surface area contributed by atoms with Crippen LogP contribution in [0.2, 0.25) is 0 Å². The molecule has 6 rings (SSSR count). The van der Waals surface area contributed by atoms with Crippen molar-refractivity contribution in [3.05, 3.63) is 30.3 Å². The molecule has 10 heteroatoms. The van der Waals surface area contributed by atoms with Crippen LogP contribution in [0.4, 0.5) is 5.13 Å². The molecule has 8 nitrogen and oxygen atoms in total. The largest absolute Gasteiger partial charge is 0.473 e. The number of carbonyl (C=O) groups is 1. The van der Waals surface area contributed by atoms with Crippen LogP contribution in [-0.4, -0.2) is 36.8 Å². The fourth-order valence-electron chi connectivity index (χ4n) is 3.99. The summed E-state index contributed by atoms with van der Waals surface area (Å²) in [4.78, 5) is 17.6. The fraction of sp³-hybridized carbons (Fsp3) is 0.409. The molecule has 2 atom stereocenters. The lowest BCUT2D eigenvalue weighted by molar-refractivity contribution is -0.117. The van der Waals surface area contributed by atoms with Gasteiger partial charge in [-0.2, -0.15) is 4.52 Å². The summed E-state index contributed by atoms with van der Waals surface area (Å²) in [6, 6.07) is 9.78. The van der Waals surface area contributed by atoms with Crippen molar-refractivity contribution in [1.82, 2.24) is 24.8 Å². The van der Waals surface area contributed by atoms with Crippen molar-refractivity contribution < 1.29 is 9.53 Å². The third kappa shape index (κ3) is 4.04. The molecule has 1 amide bonds. The van der Waals surface area contributed by atoms with Gasteiger partial charge >= 0.3 is 0 Å². The Morgan fingerprint density at radius 2 is 2.09 bits per heavy atom. The molecule has 0 spiro atoms. The van der Waals surface area contributed by atoms with Crippen molar-refractivity contribution in [3.8, 4) is 5.88 Å². The van der Waals surface area contributed by atoms with Crippen molar-refractivity contribution in [2.24, 2.45) is 11.8 Å². The van der Waals surface area contributed by atoms with Crippen LogP contribution in [-0.2, 0) is 4.79 Å². The first-order valence-corrected chi connectivity index (χ1v) is 12.5. The summed E-state index contributed by atoms with van der Waals surface area (Å²) in [5.41, 5.74) is 1.56. The number of ether oxygens (including phenoxy) is 1. The van der Waals surface area contributed by atoms with Gasteiger partial charge in [-0.25, -0.2) is 4.98 Å². The van der Waals surface area contributed by atoms with Crippen molar-refractivity contribution in [1.29, 1.82) is 0 Å². The van der Waals surface area contributed by atoms with Gasteiger partial charge in [-0.15, -0.1) is 15.3 Å². The van der Waals surface area contributed by atoms with Crippen molar-refractivity contribution in [3.63, 3.8) is 0 Å². The van der Waals surface area contributed by atoms with E-state index in [0.717, 1.165) is 40.8 Å². The van der Waals surface area contributed by atoms with Gasteiger partial charge in [0.25, 0.3) is 0 Å². The zero-order valence-electron chi connectivity index (χ0n) is 17.5. The van der Waals surface area contributed by atoms with E-state index in [1.807, 2.05) is 24.3 Å². The molecule has 2 aliphatic rings. The normalized spacial score (nSPS) is 20.8. The number of anilines is 1. The van der Waals surface area contributed by atoms with Crippen molar-refractivity contribution in [2.75, 3.05) is 5.32 Å². The summed E-state index contributed by atoms with van der Waals surface area (Å²) in [6.07, 6.45) is 5.52. The third-order valence-electron chi connectivity index (χ3n) is 5.89. The first-order valence-electron chi connectivity index (χ1n) is 10.9. The molecule has 2 unspecified atom stereocenters. The second-order valence-corrected chi connectivity index (χ2v) is 10.7. The van der Waals surface area contributed by atoms with E-state index in [1.54, 1.807) is 4.52 Å². The number of rotatable bonds is 6. The van der Waals surface area contributed by atoms with Crippen LogP contribution in [0.1, 0.15) is 39.0 Å². The number of fused-ring (bicyclic) bond motifs is 2. The SMILES string of the molecule is CC1CCC(Oc2ccc3nnc(Sc4ccc5nc(NC(=O)C6CC6)sc5c4)n3n2)C1. The van der Waals surface area contributed by atoms with Crippen LogP contribution in [0, 0.1) is 11.8 Å². The molecule has 3 heterocycles. The summed E-state index contributed by atoms with van der Waals surface area (Å²) in [5.74, 6) is 1.54. The van der Waals surface area contributed by atoms with Gasteiger partial charge in [-0.05, 0) is 74.0 Å². The summed E-state index contributed by atoms with van der Waals surface area (Å²) < 4.78 is 8.85. The fourth-order valence-corrected chi connectivity index (χ4v) is 5.80. The molecule has 1 aromatic carbocycles. The Labute approximate surface area is 192 Å². The number of hydrogen-bond donors (Lipinski definition) is 1. The molecule has 32 heavy (non-hydrogen) atoms. The molecule has 0 saturated heterocycles. The maximum atomic E-state index is 12.0. The van der Waals surface area contributed by atoms with Crippen LogP contribution in [0.5, 0.6) is 5.88 Å². The summed E-state index contributed by atoms with van der Waals surface area (Å²) in [6.45, 7) is 2.26. The number of amides is 1. The van der Waals surface area contributed by atoms with Crippen LogP contribution in [0.15, 0.2) is 40.4 Å². The van der Waals surface area contributed by atoms with Crippen LogP contribution in [0.3, 0.4) is 0 Å². The average molecular weight is 467 g/mol. The van der Waals surface area contributed by atoms with E-state index < -0.39 is 0 Å². The first kappa shape index (κ1) is 19.9. The summed E-state index contributed by atoms with van der Waals surface area (Å²) >= 11 is 2.98. The zero-order valence-corrected chi connectivity index (χ0v) is 19.2. The molecule has 0 radical (unpaired) electrons. The van der Waals surface area contributed by atoms with Crippen LogP contribution < -0.4 is 10.1 Å². The van der Waals surface area contributed by atoms with Gasteiger partial charge < -0.3 is 10.1 Å². The van der Waals surface area contributed by atoms with E-state index >= 15 is 0 Å². The predicted molar refractivity (Wildman–Crippen MR) is 123 cm³/mol. The maximum Gasteiger partial charge on any atom is 0.232 e. The number of carbonyl (C=O) groups excluding carboxylic acids is 1. The first-order chi connectivity index (χ1) is 15.6. The molecule has 164 valence electrons. The number of nitrogens with zero attached hydrogens (tertiary/aromatic N) is 5. The molecule has 4 aromatic rings. The standard InChI is InChI=1S/C22H22N6O2S2/c1-12-2-5-14(10-12)30-19-9-8-18-25-26-22(28(18)27-19)31-15-6-7-16-17(11-15)32-21(23-16)24-20(29)13-3-4-13/h6-9,11-14H,2-5,10H2,1H3,(H,23,24,29). The Kier molecular flexibility index (Phi) is 4.98. The molecule has 2 fully saturated rings. The summed E-state index contributed by atoms with van der Waals surface area (Å²) in [5, 5.41) is 17.4. The van der Waals surface area contributed by atoms with Gasteiger partial charge in [-0.3, -0.25) is 4.79 Å². The Morgan fingerprint density at radius 1 is 1.19 bits per heavy atom. The van der Waals surface area contributed by atoms with Gasteiger partial charge in [0, 0.05) is 16.9 Å². The molecule has 1 N–H and O–H groups in total. The van der Waals surface area contributed by atoms with E-state index in [-0.39, 0.29) is 17.9 Å². The number of hydrogen-bond acceptors (Lipinski definition) is 8. The number of benzene rings is 1. The van der Waals surface area contributed by atoms with E-state index in [0.29, 0.717) is 27.7 Å². The van der Waals surface area contributed by atoms with E-state index in [1.165, 1.54) is 29.5 Å². The highest BCUT2D eigenvalue weighted by molar-refractivity contribution is 7.99. The maximum absolute atomic E-state index is 12.0. The van der Waals surface area contributed by atoms with Crippen molar-refractivity contribution in [2.45, 2.75) is 55.2 Å². The molecular formula is C22H22N6O2S2. The van der Waals surface area contributed by atoms with E-state index in [4.69, 9.17) is 4.74 Å². The Morgan fingerprint density at radius 3 is 2.91 bits per heavy atom. The number of nitrogens with one attached hydrogen (secondary N) is 1. The van der Waals surface area contributed by atoms with Crippen LogP contribution >= 0.6 is 23.1 Å². The van der Waals surface area contributed by atoms with Crippen molar-refractivity contribution >= 4 is 50.0 Å². The predicted octanol–water partition coefficient (Wildman–Crippen LogP) is 4.80. The highest BCUT2D eigenvalue weighted by Gasteiger charge is 2.30. The topological polar surface area (TPSA) is 94.3 Å². The van der Waals surface area contributed by atoms with Gasteiger partial charge in [0.05, 0.1) is 10.2 Å². The van der Waals surface area contributed by atoms with Gasteiger partial charge in [0.2, 0.25) is 16.9 Å². The lowest BCUT2D eigenvalue weighted by Gasteiger charge is -2.12. The Bertz CT molecular complexity index is 1310. The van der Waals surface area contributed by atoms with Gasteiger partial charge in [-0.1, -0.05) is 18.3 Å². The van der Waals surface area contributed by atoms with Crippen LogP contribution in [0.25, 0.3) is 15.9 Å². The molecule has 0 bridgehead atoms. The monoisotopic (exact) mass is 466 g/mol. The minimum Gasteiger partial charge on any atom is -0.473 e. The second-order valence-electron chi connectivity index (χ2n) is 8.60. The molecule has 2 aliphatic carbocycles. The lowest BCUT2D eigenvalue weighted by atomic mass is 10.1.